The van der Waals surface area contributed by atoms with Crippen LogP contribution in [0.3, 0.4) is 0 Å². The van der Waals surface area contributed by atoms with Crippen molar-refractivity contribution in [3.05, 3.63) is 11.6 Å². The second kappa shape index (κ2) is 3.31. The molecule has 0 aliphatic carbocycles. The van der Waals surface area contributed by atoms with Crippen LogP contribution in [-0.4, -0.2) is 53.7 Å². The number of carbonyl (C=O) groups is 1. The molecule has 16 heavy (non-hydrogen) atoms. The van der Waals surface area contributed by atoms with Gasteiger partial charge in [-0.15, -0.1) is 0 Å². The number of carboxylic acid groups (broad SMARTS) is 1. The minimum atomic E-state index is -0.778. The molecule has 0 aromatic rings. The van der Waals surface area contributed by atoms with Crippen molar-refractivity contribution in [2.45, 2.75) is 13.3 Å². The fourth-order valence-electron chi connectivity index (χ4n) is 3.86. The quantitative estimate of drug-likeness (QED) is 0.695. The van der Waals surface area contributed by atoms with Crippen molar-refractivity contribution in [3.8, 4) is 0 Å². The summed E-state index contributed by atoms with van der Waals surface area (Å²) in [6.07, 6.45) is 2.55. The van der Waals surface area contributed by atoms with E-state index in [2.05, 4.69) is 16.7 Å². The zero-order valence-corrected chi connectivity index (χ0v) is 9.65. The van der Waals surface area contributed by atoms with Crippen LogP contribution in [0.2, 0.25) is 0 Å². The Bertz CT molecular complexity index is 350. The summed E-state index contributed by atoms with van der Waals surface area (Å²) < 4.78 is 0. The van der Waals surface area contributed by atoms with Crippen molar-refractivity contribution < 1.29 is 9.90 Å². The molecule has 2 unspecified atom stereocenters. The molecule has 4 aliphatic rings. The summed E-state index contributed by atoms with van der Waals surface area (Å²) in [6, 6.07) is 0. The molecule has 4 heteroatoms. The van der Waals surface area contributed by atoms with Gasteiger partial charge < -0.3 is 5.11 Å². The fraction of sp³-hybridized carbons (Fsp3) is 0.750. The van der Waals surface area contributed by atoms with Gasteiger partial charge >= 0.3 is 5.97 Å². The van der Waals surface area contributed by atoms with Crippen molar-refractivity contribution in [2.75, 3.05) is 32.8 Å². The minimum absolute atomic E-state index is 0.123. The second-order valence-electron chi connectivity index (χ2n) is 5.43. The van der Waals surface area contributed by atoms with Gasteiger partial charge in [0.25, 0.3) is 0 Å². The van der Waals surface area contributed by atoms with E-state index in [9.17, 15) is 4.79 Å². The number of piperidine rings is 2. The third-order valence-corrected chi connectivity index (χ3v) is 4.42. The molecule has 0 amide bonds. The number of hydrogen-bond donors (Lipinski definition) is 1. The summed E-state index contributed by atoms with van der Waals surface area (Å²) in [5.74, 6) is -0.326. The molecule has 4 nitrogen and oxygen atoms in total. The molecule has 0 spiro atoms. The van der Waals surface area contributed by atoms with Gasteiger partial charge in [-0.25, -0.2) is 4.79 Å². The maximum atomic E-state index is 10.9. The van der Waals surface area contributed by atoms with E-state index in [1.54, 1.807) is 0 Å². The van der Waals surface area contributed by atoms with E-state index in [0.29, 0.717) is 5.92 Å². The molecule has 0 saturated carbocycles. The third kappa shape index (κ3) is 1.33. The predicted molar refractivity (Wildman–Crippen MR) is 59.9 cm³/mol. The van der Waals surface area contributed by atoms with Crippen molar-refractivity contribution in [3.63, 3.8) is 0 Å². The molecule has 0 aromatic heterocycles. The Labute approximate surface area is 95.5 Å². The molecule has 4 heterocycles. The summed E-state index contributed by atoms with van der Waals surface area (Å²) in [5.41, 5.74) is 1.33. The number of nitrogens with zero attached hydrogens (tertiary/aromatic N) is 2. The highest BCUT2D eigenvalue weighted by Gasteiger charge is 2.51. The first kappa shape index (κ1) is 10.3. The number of hydrogen-bond acceptors (Lipinski definition) is 3. The Morgan fingerprint density at radius 2 is 2.12 bits per heavy atom. The Kier molecular flexibility index (Phi) is 2.13. The normalized spacial score (nSPS) is 47.6. The topological polar surface area (TPSA) is 43.8 Å². The Hall–Kier alpha value is -0.870. The molecule has 4 saturated heterocycles. The van der Waals surface area contributed by atoms with Crippen LogP contribution in [-0.2, 0) is 4.79 Å². The van der Waals surface area contributed by atoms with Gasteiger partial charge in [0.15, 0.2) is 0 Å². The van der Waals surface area contributed by atoms with E-state index in [0.717, 1.165) is 39.3 Å². The summed E-state index contributed by atoms with van der Waals surface area (Å²) in [7, 11) is 0. The Morgan fingerprint density at radius 3 is 2.62 bits per heavy atom. The first-order chi connectivity index (χ1) is 7.63. The fourth-order valence-corrected chi connectivity index (χ4v) is 3.86. The molecule has 4 fully saturated rings. The smallest absolute Gasteiger partial charge is 0.328 e. The maximum Gasteiger partial charge on any atom is 0.328 e. The van der Waals surface area contributed by atoms with Crippen LogP contribution in [0.25, 0.3) is 0 Å². The summed E-state index contributed by atoms with van der Waals surface area (Å²) >= 11 is 0. The van der Waals surface area contributed by atoms with E-state index < -0.39 is 5.97 Å². The predicted octanol–water partition coefficient (Wildman–Crippen LogP) is 0.612. The standard InChI is InChI=1S/C12H18N2O2/c1-2-12-6-13-4-9(5-14(7-12)8-13)10(12)3-11(15)16/h3,9H,2,4-8H2,1H3,(H,15,16)/b10-3+. The van der Waals surface area contributed by atoms with Gasteiger partial charge in [-0.05, 0) is 12.0 Å². The van der Waals surface area contributed by atoms with Crippen LogP contribution in [0.4, 0.5) is 0 Å². The average molecular weight is 222 g/mol. The average Bonchev–Trinajstić information content (AvgIpc) is 2.22. The van der Waals surface area contributed by atoms with Crippen molar-refractivity contribution in [1.29, 1.82) is 0 Å². The van der Waals surface area contributed by atoms with Crippen LogP contribution in [0.15, 0.2) is 11.6 Å². The van der Waals surface area contributed by atoms with Gasteiger partial charge in [-0.2, -0.15) is 0 Å². The van der Waals surface area contributed by atoms with Crippen LogP contribution >= 0.6 is 0 Å². The van der Waals surface area contributed by atoms with Crippen LogP contribution in [0, 0.1) is 11.3 Å². The monoisotopic (exact) mass is 222 g/mol. The number of aliphatic carboxylic acids is 1. The molecule has 4 bridgehead atoms. The lowest BCUT2D eigenvalue weighted by molar-refractivity contribution is -0.132. The van der Waals surface area contributed by atoms with Crippen LogP contribution < -0.4 is 0 Å². The van der Waals surface area contributed by atoms with Crippen molar-refractivity contribution in [2.24, 2.45) is 11.3 Å². The van der Waals surface area contributed by atoms with Gasteiger partial charge in [0.05, 0.1) is 6.67 Å². The van der Waals surface area contributed by atoms with Gasteiger partial charge in [0, 0.05) is 43.6 Å². The maximum absolute atomic E-state index is 10.9. The molecule has 4 aliphatic heterocycles. The molecule has 0 radical (unpaired) electrons. The van der Waals surface area contributed by atoms with Crippen molar-refractivity contribution >= 4 is 5.97 Å². The van der Waals surface area contributed by atoms with E-state index in [1.165, 1.54) is 11.6 Å². The Balaban J connectivity index is 2.01. The van der Waals surface area contributed by atoms with E-state index in [1.807, 2.05) is 0 Å². The van der Waals surface area contributed by atoms with Gasteiger partial charge in [-0.1, -0.05) is 6.92 Å². The highest BCUT2D eigenvalue weighted by molar-refractivity contribution is 5.81. The van der Waals surface area contributed by atoms with Gasteiger partial charge in [-0.3, -0.25) is 9.80 Å². The summed E-state index contributed by atoms with van der Waals surface area (Å²) in [4.78, 5) is 15.9. The molecular weight excluding hydrogens is 204 g/mol. The molecule has 4 rings (SSSR count). The molecule has 0 aromatic carbocycles. The summed E-state index contributed by atoms with van der Waals surface area (Å²) in [5, 5.41) is 9.00. The highest BCUT2D eigenvalue weighted by atomic mass is 16.4. The first-order valence-electron chi connectivity index (χ1n) is 6.03. The molecule has 1 N–H and O–H groups in total. The zero-order valence-electron chi connectivity index (χ0n) is 9.65. The minimum Gasteiger partial charge on any atom is -0.478 e. The second-order valence-corrected chi connectivity index (χ2v) is 5.43. The van der Waals surface area contributed by atoms with E-state index >= 15 is 0 Å². The lowest BCUT2D eigenvalue weighted by Gasteiger charge is -2.60. The lowest BCUT2D eigenvalue weighted by atomic mass is 9.64. The SMILES string of the molecule is CCC12CN3CC(CN(C3)C1)/C2=C\C(=O)O. The molecule has 88 valence electrons. The third-order valence-electron chi connectivity index (χ3n) is 4.42. The first-order valence-corrected chi connectivity index (χ1v) is 6.03. The molecular formula is C12H18N2O2. The number of rotatable bonds is 2. The highest BCUT2D eigenvalue weighted by Crippen LogP contribution is 2.48. The summed E-state index contributed by atoms with van der Waals surface area (Å²) in [6.45, 7) is 7.48. The van der Waals surface area contributed by atoms with Gasteiger partial charge in [0.2, 0.25) is 0 Å². The largest absolute Gasteiger partial charge is 0.478 e. The molecule has 2 atom stereocenters. The van der Waals surface area contributed by atoms with Crippen molar-refractivity contribution in [1.82, 2.24) is 9.80 Å². The van der Waals surface area contributed by atoms with Crippen LogP contribution in [0.5, 0.6) is 0 Å². The van der Waals surface area contributed by atoms with Gasteiger partial charge in [0.1, 0.15) is 0 Å². The lowest BCUT2D eigenvalue weighted by Crippen LogP contribution is -2.68. The van der Waals surface area contributed by atoms with E-state index in [-0.39, 0.29) is 5.41 Å². The number of carboxylic acids is 1. The van der Waals surface area contributed by atoms with Crippen LogP contribution in [0.1, 0.15) is 13.3 Å². The van der Waals surface area contributed by atoms with E-state index in [4.69, 9.17) is 5.11 Å². The Morgan fingerprint density at radius 1 is 1.50 bits per heavy atom. The zero-order chi connectivity index (χ0) is 11.3.